The number of halogens is 1. The van der Waals surface area contributed by atoms with E-state index >= 15 is 0 Å². The highest BCUT2D eigenvalue weighted by atomic mass is 32.1. The average Bonchev–Trinajstić information content (AvgIpc) is 3.15. The van der Waals surface area contributed by atoms with Gasteiger partial charge in [-0.3, -0.25) is 14.6 Å². The molecule has 0 unspecified atom stereocenters. The molecule has 2 aromatic rings. The molecule has 7 heteroatoms. The zero-order valence-electron chi connectivity index (χ0n) is 16.2. The van der Waals surface area contributed by atoms with Crippen molar-refractivity contribution >= 4 is 32.6 Å². The lowest BCUT2D eigenvalue weighted by atomic mass is 9.88. The summed E-state index contributed by atoms with van der Waals surface area (Å²) in [5.74, 6) is 0.0299. The Morgan fingerprint density at radius 2 is 2.04 bits per heavy atom. The third-order valence-electron chi connectivity index (χ3n) is 5.75. The van der Waals surface area contributed by atoms with Crippen molar-refractivity contribution in [3.63, 3.8) is 0 Å². The number of hydrogen-bond donors (Lipinski definition) is 0. The molecule has 0 atom stereocenters. The number of benzene rings is 1. The van der Waals surface area contributed by atoms with E-state index in [1.807, 2.05) is 4.90 Å². The van der Waals surface area contributed by atoms with E-state index in [4.69, 9.17) is 4.74 Å². The minimum atomic E-state index is -0.264. The maximum atomic E-state index is 13.6. The SMILES string of the molecule is O=C(C1CCCCC1)N(CCCN1CCOCC1)c1nc2ccc(F)cc2s1. The number of nitrogens with zero attached hydrogens (tertiary/aromatic N) is 3. The zero-order valence-corrected chi connectivity index (χ0v) is 17.1. The first kappa shape index (κ1) is 19.7. The number of carbonyl (C=O) groups is 1. The maximum absolute atomic E-state index is 13.6. The second-order valence-electron chi connectivity index (χ2n) is 7.74. The third kappa shape index (κ3) is 4.70. The molecular weight excluding hydrogens is 377 g/mol. The van der Waals surface area contributed by atoms with Crippen molar-refractivity contribution in [3.05, 3.63) is 24.0 Å². The van der Waals surface area contributed by atoms with Crippen molar-refractivity contribution in [1.82, 2.24) is 9.88 Å². The van der Waals surface area contributed by atoms with Crippen LogP contribution in [-0.4, -0.2) is 55.2 Å². The Bertz CT molecular complexity index is 800. The van der Waals surface area contributed by atoms with Gasteiger partial charge in [0.25, 0.3) is 0 Å². The number of fused-ring (bicyclic) bond motifs is 1. The predicted octanol–water partition coefficient (Wildman–Crippen LogP) is 4.07. The molecule has 28 heavy (non-hydrogen) atoms. The number of rotatable bonds is 6. The van der Waals surface area contributed by atoms with Crippen LogP contribution in [0.3, 0.4) is 0 Å². The number of morpholine rings is 1. The minimum Gasteiger partial charge on any atom is -0.379 e. The highest BCUT2D eigenvalue weighted by Crippen LogP contribution is 2.33. The fourth-order valence-electron chi connectivity index (χ4n) is 4.15. The molecule has 0 bridgehead atoms. The highest BCUT2D eigenvalue weighted by Gasteiger charge is 2.28. The van der Waals surface area contributed by atoms with Crippen LogP contribution in [0.4, 0.5) is 9.52 Å². The maximum Gasteiger partial charge on any atom is 0.231 e. The lowest BCUT2D eigenvalue weighted by Crippen LogP contribution is -2.41. The Labute approximate surface area is 169 Å². The molecule has 0 radical (unpaired) electrons. The summed E-state index contributed by atoms with van der Waals surface area (Å²) in [5.41, 5.74) is 0.760. The van der Waals surface area contributed by atoms with Crippen LogP contribution in [0.25, 0.3) is 10.2 Å². The van der Waals surface area contributed by atoms with Crippen LogP contribution in [0.15, 0.2) is 18.2 Å². The second-order valence-corrected chi connectivity index (χ2v) is 8.75. The Kier molecular flexibility index (Phi) is 6.54. The first-order chi connectivity index (χ1) is 13.7. The largest absolute Gasteiger partial charge is 0.379 e. The highest BCUT2D eigenvalue weighted by molar-refractivity contribution is 7.22. The summed E-state index contributed by atoms with van der Waals surface area (Å²) in [7, 11) is 0. The van der Waals surface area contributed by atoms with E-state index in [0.717, 1.165) is 75.2 Å². The van der Waals surface area contributed by atoms with Gasteiger partial charge in [0, 0.05) is 32.1 Å². The quantitative estimate of drug-likeness (QED) is 0.727. The van der Waals surface area contributed by atoms with Crippen LogP contribution >= 0.6 is 11.3 Å². The van der Waals surface area contributed by atoms with Crippen molar-refractivity contribution in [3.8, 4) is 0 Å². The molecule has 1 aromatic heterocycles. The summed E-state index contributed by atoms with van der Waals surface area (Å²) in [6.45, 7) is 5.10. The Hall–Kier alpha value is -1.57. The summed E-state index contributed by atoms with van der Waals surface area (Å²) < 4.78 is 19.8. The Balaban J connectivity index is 1.50. The molecule has 152 valence electrons. The lowest BCUT2D eigenvalue weighted by Gasteiger charge is -2.30. The average molecular weight is 406 g/mol. The first-order valence-corrected chi connectivity index (χ1v) is 11.2. The minimum absolute atomic E-state index is 0.0980. The fourth-order valence-corrected chi connectivity index (χ4v) is 5.17. The molecule has 2 fully saturated rings. The van der Waals surface area contributed by atoms with Crippen LogP contribution in [0.5, 0.6) is 0 Å². The van der Waals surface area contributed by atoms with Crippen molar-refractivity contribution < 1.29 is 13.9 Å². The van der Waals surface area contributed by atoms with E-state index in [0.29, 0.717) is 11.7 Å². The topological polar surface area (TPSA) is 45.7 Å². The smallest absolute Gasteiger partial charge is 0.231 e. The van der Waals surface area contributed by atoms with Crippen LogP contribution in [0.1, 0.15) is 38.5 Å². The summed E-state index contributed by atoms with van der Waals surface area (Å²) >= 11 is 1.42. The molecule has 4 rings (SSSR count). The number of amides is 1. The van der Waals surface area contributed by atoms with Crippen molar-refractivity contribution in [2.24, 2.45) is 5.92 Å². The van der Waals surface area contributed by atoms with Gasteiger partial charge in [-0.05, 0) is 37.5 Å². The number of aromatic nitrogens is 1. The molecule has 2 heterocycles. The molecule has 1 saturated carbocycles. The van der Waals surface area contributed by atoms with Crippen molar-refractivity contribution in [2.75, 3.05) is 44.3 Å². The van der Waals surface area contributed by atoms with Crippen molar-refractivity contribution in [1.29, 1.82) is 0 Å². The number of anilines is 1. The number of thiazole rings is 1. The van der Waals surface area contributed by atoms with E-state index in [1.54, 1.807) is 6.07 Å². The molecule has 1 aliphatic carbocycles. The lowest BCUT2D eigenvalue weighted by molar-refractivity contribution is -0.123. The van der Waals surface area contributed by atoms with Gasteiger partial charge in [0.1, 0.15) is 5.82 Å². The Morgan fingerprint density at radius 3 is 2.82 bits per heavy atom. The van der Waals surface area contributed by atoms with Crippen LogP contribution in [0, 0.1) is 11.7 Å². The molecule has 1 amide bonds. The van der Waals surface area contributed by atoms with Gasteiger partial charge in [-0.2, -0.15) is 0 Å². The summed E-state index contributed by atoms with van der Waals surface area (Å²) in [6.07, 6.45) is 6.33. The van der Waals surface area contributed by atoms with Crippen molar-refractivity contribution in [2.45, 2.75) is 38.5 Å². The van der Waals surface area contributed by atoms with Gasteiger partial charge in [0.15, 0.2) is 5.13 Å². The molecule has 1 saturated heterocycles. The van der Waals surface area contributed by atoms with E-state index in [9.17, 15) is 9.18 Å². The van der Waals surface area contributed by atoms with Gasteiger partial charge in [-0.15, -0.1) is 0 Å². The molecule has 1 aliphatic heterocycles. The molecule has 5 nitrogen and oxygen atoms in total. The van der Waals surface area contributed by atoms with Gasteiger partial charge >= 0.3 is 0 Å². The van der Waals surface area contributed by atoms with E-state index in [1.165, 1.54) is 29.9 Å². The van der Waals surface area contributed by atoms with Gasteiger partial charge < -0.3 is 4.74 Å². The number of carbonyl (C=O) groups excluding carboxylic acids is 1. The first-order valence-electron chi connectivity index (χ1n) is 10.4. The zero-order chi connectivity index (χ0) is 19.3. The van der Waals surface area contributed by atoms with Gasteiger partial charge in [-0.25, -0.2) is 9.37 Å². The number of hydrogen-bond acceptors (Lipinski definition) is 5. The molecule has 0 spiro atoms. The van der Waals surface area contributed by atoms with Crippen LogP contribution in [0.2, 0.25) is 0 Å². The number of ether oxygens (including phenoxy) is 1. The predicted molar refractivity (Wildman–Crippen MR) is 110 cm³/mol. The molecule has 0 N–H and O–H groups in total. The molecule has 2 aliphatic rings. The fraction of sp³-hybridized carbons (Fsp3) is 0.619. The summed E-state index contributed by atoms with van der Waals surface area (Å²) in [4.78, 5) is 22.2. The third-order valence-corrected chi connectivity index (χ3v) is 6.79. The monoisotopic (exact) mass is 405 g/mol. The Morgan fingerprint density at radius 1 is 1.25 bits per heavy atom. The van der Waals surface area contributed by atoms with Gasteiger partial charge in [-0.1, -0.05) is 30.6 Å². The van der Waals surface area contributed by atoms with Gasteiger partial charge in [0.2, 0.25) is 5.91 Å². The normalized spacial score (nSPS) is 19.2. The van der Waals surface area contributed by atoms with Gasteiger partial charge in [0.05, 0.1) is 23.4 Å². The van der Waals surface area contributed by atoms with Crippen LogP contribution in [-0.2, 0) is 9.53 Å². The summed E-state index contributed by atoms with van der Waals surface area (Å²) in [6, 6.07) is 4.63. The molecule has 1 aromatic carbocycles. The second kappa shape index (κ2) is 9.29. The van der Waals surface area contributed by atoms with E-state index in [2.05, 4.69) is 9.88 Å². The summed E-state index contributed by atoms with van der Waals surface area (Å²) in [5, 5.41) is 0.707. The van der Waals surface area contributed by atoms with E-state index < -0.39 is 0 Å². The van der Waals surface area contributed by atoms with Crippen LogP contribution < -0.4 is 4.90 Å². The standard InChI is InChI=1S/C21H28FN3O2S/c22-17-7-8-18-19(15-17)28-21(23-18)25(20(26)16-5-2-1-3-6-16)10-4-9-24-11-13-27-14-12-24/h7-8,15-16H,1-6,9-14H2. The van der Waals surface area contributed by atoms with E-state index in [-0.39, 0.29) is 17.6 Å². The molecular formula is C21H28FN3O2S.